The molecular weight excluding hydrogens is 341 g/mol. The Morgan fingerprint density at radius 2 is 1.83 bits per heavy atom. The lowest BCUT2D eigenvalue weighted by Crippen LogP contribution is -2.42. The maximum Gasteiger partial charge on any atom is 0.333 e. The van der Waals surface area contributed by atoms with Crippen LogP contribution in [0.5, 0.6) is 0 Å². The molecule has 1 unspecified atom stereocenters. The fourth-order valence-corrected chi connectivity index (χ4v) is 2.64. The van der Waals surface area contributed by atoms with Crippen LogP contribution in [0.4, 0.5) is 0 Å². The Morgan fingerprint density at radius 1 is 1.26 bits per heavy atom. The molecule has 0 aliphatic carbocycles. The molecule has 2 aromatic heterocycles. The van der Waals surface area contributed by atoms with Gasteiger partial charge >= 0.3 is 5.97 Å². The van der Waals surface area contributed by atoms with E-state index in [1.807, 2.05) is 0 Å². The summed E-state index contributed by atoms with van der Waals surface area (Å²) in [5.74, 6) is -1.04. The van der Waals surface area contributed by atoms with Gasteiger partial charge in [0.1, 0.15) is 11.0 Å². The molecule has 0 amide bonds. The number of aliphatic carboxylic acids is 1. The Morgan fingerprint density at radius 3 is 2.26 bits per heavy atom. The Balaban J connectivity index is 2.08. The van der Waals surface area contributed by atoms with Gasteiger partial charge in [-0.1, -0.05) is 23.2 Å². The van der Waals surface area contributed by atoms with Crippen molar-refractivity contribution in [1.29, 1.82) is 0 Å². The van der Waals surface area contributed by atoms with Crippen LogP contribution >= 0.6 is 23.2 Å². The second-order valence-corrected chi connectivity index (χ2v) is 6.34. The summed E-state index contributed by atoms with van der Waals surface area (Å²) < 4.78 is 1.62. The van der Waals surface area contributed by atoms with Crippen molar-refractivity contribution in [3.8, 4) is 0 Å². The van der Waals surface area contributed by atoms with Crippen LogP contribution in [0.3, 0.4) is 0 Å². The fraction of sp³-hybridized carbons (Fsp3) is 0.286. The number of aryl methyl sites for hydroxylation is 1. The summed E-state index contributed by atoms with van der Waals surface area (Å²) in [5.41, 5.74) is 0.382. The van der Waals surface area contributed by atoms with Gasteiger partial charge in [-0.2, -0.15) is 20.1 Å². The molecule has 0 aliphatic heterocycles. The number of hydrogen-bond acceptors (Lipinski definition) is 4. The Kier molecular flexibility index (Phi) is 3.77. The number of carboxylic acids is 1. The first kappa shape index (κ1) is 15.8. The summed E-state index contributed by atoms with van der Waals surface area (Å²) in [7, 11) is 1.77. The third-order valence-corrected chi connectivity index (χ3v) is 4.35. The minimum Gasteiger partial charge on any atom is -0.479 e. The van der Waals surface area contributed by atoms with E-state index in [4.69, 9.17) is 23.2 Å². The predicted molar refractivity (Wildman–Crippen MR) is 85.7 cm³/mol. The molecule has 0 radical (unpaired) electrons. The first-order valence-corrected chi connectivity index (χ1v) is 7.49. The van der Waals surface area contributed by atoms with Crippen molar-refractivity contribution < 1.29 is 9.90 Å². The van der Waals surface area contributed by atoms with Gasteiger partial charge in [0.15, 0.2) is 5.54 Å². The minimum atomic E-state index is -1.36. The molecule has 9 heteroatoms. The summed E-state index contributed by atoms with van der Waals surface area (Å²) in [6.07, 6.45) is 3.58. The molecule has 0 fully saturated rings. The molecular formula is C14H13Cl2N5O2. The van der Waals surface area contributed by atoms with E-state index in [1.165, 1.54) is 4.80 Å². The number of benzene rings is 1. The van der Waals surface area contributed by atoms with Crippen molar-refractivity contribution in [2.45, 2.75) is 18.9 Å². The van der Waals surface area contributed by atoms with Gasteiger partial charge in [-0.15, -0.1) is 0 Å². The van der Waals surface area contributed by atoms with Crippen LogP contribution in [0.25, 0.3) is 11.0 Å². The molecule has 1 N–H and O–H groups in total. The SMILES string of the molecule is Cn1cc(CC(C)(C(=O)O)n2nc3cc(Cl)c(Cl)cc3n2)cn1. The number of hydrogen-bond donors (Lipinski definition) is 1. The average molecular weight is 354 g/mol. The number of carbonyl (C=O) groups is 1. The second-order valence-electron chi connectivity index (χ2n) is 5.52. The standard InChI is InChI=1S/C14H13Cl2N5O2/c1-14(13(22)23,5-8-6-17-20(2)7-8)21-18-11-3-9(15)10(16)4-12(11)19-21/h3-4,6-7H,5H2,1-2H3,(H,22,23). The van der Waals surface area contributed by atoms with Crippen molar-refractivity contribution in [2.24, 2.45) is 7.05 Å². The largest absolute Gasteiger partial charge is 0.479 e. The van der Waals surface area contributed by atoms with Crippen molar-refractivity contribution in [2.75, 3.05) is 0 Å². The molecule has 0 saturated carbocycles. The summed E-state index contributed by atoms with van der Waals surface area (Å²) in [6, 6.07) is 3.13. The Bertz CT molecular complexity index is 865. The van der Waals surface area contributed by atoms with E-state index in [9.17, 15) is 9.90 Å². The summed E-state index contributed by atoms with van der Waals surface area (Å²) >= 11 is 11.9. The number of fused-ring (bicyclic) bond motifs is 1. The van der Waals surface area contributed by atoms with Gasteiger partial charge in [-0.25, -0.2) is 4.79 Å². The fourth-order valence-electron chi connectivity index (χ4n) is 2.33. The Hall–Kier alpha value is -2.12. The first-order chi connectivity index (χ1) is 10.8. The van der Waals surface area contributed by atoms with E-state index in [2.05, 4.69) is 15.3 Å². The number of halogens is 2. The molecule has 23 heavy (non-hydrogen) atoms. The molecule has 120 valence electrons. The maximum absolute atomic E-state index is 11.9. The molecule has 7 nitrogen and oxygen atoms in total. The van der Waals surface area contributed by atoms with Gasteiger partial charge in [-0.05, 0) is 24.6 Å². The van der Waals surface area contributed by atoms with E-state index in [0.717, 1.165) is 5.56 Å². The molecule has 3 aromatic rings. The molecule has 3 rings (SSSR count). The molecule has 1 aromatic carbocycles. The molecule has 0 saturated heterocycles. The second kappa shape index (κ2) is 5.50. The van der Waals surface area contributed by atoms with Crippen molar-refractivity contribution in [3.05, 3.63) is 40.1 Å². The van der Waals surface area contributed by atoms with Gasteiger partial charge < -0.3 is 5.11 Å². The highest BCUT2D eigenvalue weighted by Gasteiger charge is 2.38. The van der Waals surface area contributed by atoms with Crippen LogP contribution in [0.15, 0.2) is 24.5 Å². The Labute approximate surface area is 141 Å². The number of nitrogens with zero attached hydrogens (tertiary/aromatic N) is 5. The van der Waals surface area contributed by atoms with Gasteiger partial charge in [0.2, 0.25) is 0 Å². The minimum absolute atomic E-state index is 0.193. The normalized spacial score (nSPS) is 14.1. The summed E-state index contributed by atoms with van der Waals surface area (Å²) in [5, 5.41) is 23.0. The molecule has 1 atom stereocenters. The predicted octanol–water partition coefficient (Wildman–Crippen LogP) is 2.51. The zero-order chi connectivity index (χ0) is 16.8. The van der Waals surface area contributed by atoms with Crippen LogP contribution in [0.2, 0.25) is 10.0 Å². The van der Waals surface area contributed by atoms with E-state index in [1.54, 1.807) is 43.2 Å². The van der Waals surface area contributed by atoms with Gasteiger partial charge in [0.25, 0.3) is 0 Å². The zero-order valence-corrected chi connectivity index (χ0v) is 13.9. The highest BCUT2D eigenvalue weighted by atomic mass is 35.5. The molecule has 0 aliphatic rings. The number of carboxylic acid groups (broad SMARTS) is 1. The van der Waals surface area contributed by atoms with Gasteiger partial charge in [0.05, 0.1) is 16.2 Å². The molecule has 0 bridgehead atoms. The van der Waals surface area contributed by atoms with Crippen molar-refractivity contribution in [3.63, 3.8) is 0 Å². The highest BCUT2D eigenvalue weighted by molar-refractivity contribution is 6.42. The monoisotopic (exact) mass is 353 g/mol. The van der Waals surface area contributed by atoms with E-state index < -0.39 is 11.5 Å². The zero-order valence-electron chi connectivity index (χ0n) is 12.4. The first-order valence-electron chi connectivity index (χ1n) is 6.73. The summed E-state index contributed by atoms with van der Waals surface area (Å²) in [4.78, 5) is 13.1. The quantitative estimate of drug-likeness (QED) is 0.778. The van der Waals surface area contributed by atoms with E-state index in [-0.39, 0.29) is 6.42 Å². The van der Waals surface area contributed by atoms with E-state index in [0.29, 0.717) is 21.1 Å². The number of rotatable bonds is 4. The van der Waals surface area contributed by atoms with Crippen LogP contribution in [0.1, 0.15) is 12.5 Å². The topological polar surface area (TPSA) is 85.8 Å². The van der Waals surface area contributed by atoms with Crippen molar-refractivity contribution in [1.82, 2.24) is 24.8 Å². The molecule has 0 spiro atoms. The van der Waals surface area contributed by atoms with Crippen LogP contribution in [-0.4, -0.2) is 35.9 Å². The third kappa shape index (κ3) is 2.77. The van der Waals surface area contributed by atoms with Gasteiger partial charge in [-0.3, -0.25) is 4.68 Å². The lowest BCUT2D eigenvalue weighted by atomic mass is 9.95. The smallest absolute Gasteiger partial charge is 0.333 e. The third-order valence-electron chi connectivity index (χ3n) is 3.63. The van der Waals surface area contributed by atoms with E-state index >= 15 is 0 Å². The van der Waals surface area contributed by atoms with Crippen molar-refractivity contribution >= 4 is 40.2 Å². The maximum atomic E-state index is 11.9. The van der Waals surface area contributed by atoms with Crippen LogP contribution in [0, 0.1) is 0 Å². The lowest BCUT2D eigenvalue weighted by molar-refractivity contribution is -0.147. The lowest BCUT2D eigenvalue weighted by Gasteiger charge is -2.23. The highest BCUT2D eigenvalue weighted by Crippen LogP contribution is 2.28. The van der Waals surface area contributed by atoms with Crippen LogP contribution < -0.4 is 0 Å². The summed E-state index contributed by atoms with van der Waals surface area (Å²) in [6.45, 7) is 1.56. The average Bonchev–Trinajstić information content (AvgIpc) is 3.05. The molecule has 2 heterocycles. The van der Waals surface area contributed by atoms with Crippen LogP contribution in [-0.2, 0) is 23.8 Å². The number of aromatic nitrogens is 5. The van der Waals surface area contributed by atoms with Gasteiger partial charge in [0, 0.05) is 19.7 Å².